The molecule has 1 aromatic rings. The van der Waals surface area contributed by atoms with Crippen molar-refractivity contribution < 1.29 is 12.8 Å². The van der Waals surface area contributed by atoms with E-state index in [0.29, 0.717) is 0 Å². The van der Waals surface area contributed by atoms with Crippen LogP contribution >= 0.6 is 0 Å². The Bertz CT molecular complexity index is 217. The fraction of sp³-hybridized carbons (Fsp3) is 0. The highest BCUT2D eigenvalue weighted by molar-refractivity contribution is 7.72. The van der Waals surface area contributed by atoms with E-state index < -0.39 is 10.7 Å². The van der Waals surface area contributed by atoms with E-state index in [0.717, 1.165) is 0 Å². The van der Waals surface area contributed by atoms with Gasteiger partial charge >= 0.3 is 5.22 Å². The highest BCUT2D eigenvalue weighted by atomic mass is 32.2. The highest BCUT2D eigenvalue weighted by Crippen LogP contribution is 1.92. The van der Waals surface area contributed by atoms with Gasteiger partial charge < -0.3 is 4.42 Å². The van der Waals surface area contributed by atoms with E-state index in [2.05, 4.69) is 9.40 Å². The van der Waals surface area contributed by atoms with E-state index >= 15 is 0 Å². The monoisotopic (exact) mass is 133 g/mol. The molecule has 0 saturated heterocycles. The van der Waals surface area contributed by atoms with Crippen molar-refractivity contribution in [2.24, 2.45) is 0 Å². The topological polar surface area (TPSA) is 60.2 Å². The van der Waals surface area contributed by atoms with Crippen molar-refractivity contribution in [1.29, 1.82) is 0 Å². The minimum atomic E-state index is -2.64. The van der Waals surface area contributed by atoms with Crippen LogP contribution < -0.4 is 0 Å². The lowest BCUT2D eigenvalue weighted by molar-refractivity contribution is 0.437. The number of nitrogens with zero attached hydrogens (tertiary/aromatic N) is 1. The van der Waals surface area contributed by atoms with Gasteiger partial charge in [0.2, 0.25) is 10.7 Å². The predicted octanol–water partition coefficient (Wildman–Crippen LogP) is -0.355. The zero-order chi connectivity index (χ0) is 5.98. The second kappa shape index (κ2) is 1.95. The number of thiol groups is 1. The van der Waals surface area contributed by atoms with Crippen LogP contribution in [0.5, 0.6) is 0 Å². The molecule has 0 aliphatic heterocycles. The van der Waals surface area contributed by atoms with Crippen LogP contribution in [0.2, 0.25) is 0 Å². The number of oxazole rings is 1. The Morgan fingerprint density at radius 3 is 2.62 bits per heavy atom. The fourth-order valence-corrected chi connectivity index (χ4v) is 0.614. The van der Waals surface area contributed by atoms with Gasteiger partial charge in [0.05, 0.1) is 6.20 Å². The Kier molecular flexibility index (Phi) is 1.29. The molecule has 1 aromatic heterocycles. The van der Waals surface area contributed by atoms with E-state index in [1.54, 1.807) is 0 Å². The van der Waals surface area contributed by atoms with Gasteiger partial charge in [-0.2, -0.15) is 0 Å². The normalized spacial score (nSPS) is 10.1. The molecule has 5 heteroatoms. The third-order valence-corrected chi connectivity index (χ3v) is 1.11. The van der Waals surface area contributed by atoms with Gasteiger partial charge in [-0.25, -0.2) is 13.4 Å². The van der Waals surface area contributed by atoms with Crippen LogP contribution in [-0.4, -0.2) is 13.4 Å². The molecule has 0 spiro atoms. The minimum absolute atomic E-state index is 0.236. The van der Waals surface area contributed by atoms with Crippen molar-refractivity contribution in [2.75, 3.05) is 0 Å². The zero-order valence-electron chi connectivity index (χ0n) is 3.77. The lowest BCUT2D eigenvalue weighted by Gasteiger charge is -1.70. The maximum absolute atomic E-state index is 9.94. The summed E-state index contributed by atoms with van der Waals surface area (Å²) in [5.41, 5.74) is 0. The Hall–Kier alpha value is -0.840. The maximum Gasteiger partial charge on any atom is 0.311 e. The van der Waals surface area contributed by atoms with Crippen molar-refractivity contribution in [3.05, 3.63) is 12.5 Å². The summed E-state index contributed by atoms with van der Waals surface area (Å²) in [5.74, 6) is 0. The minimum Gasteiger partial charge on any atom is -0.437 e. The van der Waals surface area contributed by atoms with Gasteiger partial charge in [0, 0.05) is 0 Å². The van der Waals surface area contributed by atoms with E-state index in [4.69, 9.17) is 0 Å². The summed E-state index contributed by atoms with van der Waals surface area (Å²) < 4.78 is 24.3. The first kappa shape index (κ1) is 5.30. The quantitative estimate of drug-likeness (QED) is 0.532. The van der Waals surface area contributed by atoms with Crippen LogP contribution in [0.4, 0.5) is 0 Å². The molecule has 0 aliphatic rings. The molecule has 0 fully saturated rings. The molecular formula is C3H3NO3S. The molecule has 0 saturated carbocycles. The van der Waals surface area contributed by atoms with Gasteiger partial charge in [-0.1, -0.05) is 0 Å². The van der Waals surface area contributed by atoms with E-state index in [1.165, 1.54) is 12.5 Å². The summed E-state index contributed by atoms with van der Waals surface area (Å²) in [6.07, 6.45) is 2.49. The first-order chi connectivity index (χ1) is 3.80. The van der Waals surface area contributed by atoms with Crippen molar-refractivity contribution in [1.82, 2.24) is 4.98 Å². The van der Waals surface area contributed by atoms with Crippen LogP contribution in [0, 0.1) is 0 Å². The van der Waals surface area contributed by atoms with Crippen LogP contribution in [0.15, 0.2) is 22.1 Å². The molecule has 8 heavy (non-hydrogen) atoms. The van der Waals surface area contributed by atoms with Gasteiger partial charge in [0.15, 0.2) is 0 Å². The number of hydrogen-bond acceptors (Lipinski definition) is 4. The van der Waals surface area contributed by atoms with E-state index in [1.807, 2.05) is 0 Å². The Morgan fingerprint density at radius 2 is 2.38 bits per heavy atom. The maximum atomic E-state index is 9.94. The molecule has 0 N–H and O–H groups in total. The van der Waals surface area contributed by atoms with Crippen LogP contribution in [0.25, 0.3) is 0 Å². The fourth-order valence-electron chi connectivity index (χ4n) is 0.306. The molecule has 0 bridgehead atoms. The van der Waals surface area contributed by atoms with Crippen LogP contribution in [0.3, 0.4) is 0 Å². The first-order valence-corrected chi connectivity index (χ1v) is 3.02. The molecule has 0 radical (unpaired) electrons. The summed E-state index contributed by atoms with van der Waals surface area (Å²) in [6.45, 7) is 0. The molecule has 0 aromatic carbocycles. The number of aromatic nitrogens is 1. The Morgan fingerprint density at radius 1 is 1.62 bits per heavy atom. The molecule has 44 valence electrons. The van der Waals surface area contributed by atoms with Crippen LogP contribution in [-0.2, 0) is 10.7 Å². The third kappa shape index (κ3) is 0.865. The van der Waals surface area contributed by atoms with E-state index in [9.17, 15) is 8.42 Å². The average Bonchev–Trinajstić information content (AvgIpc) is 2.12. The SMILES string of the molecule is O=[SH](=O)c1ncco1. The van der Waals surface area contributed by atoms with Crippen molar-refractivity contribution >= 4 is 10.7 Å². The molecule has 4 nitrogen and oxygen atoms in total. The summed E-state index contributed by atoms with van der Waals surface area (Å²) in [4.78, 5) is 3.35. The smallest absolute Gasteiger partial charge is 0.311 e. The molecule has 1 rings (SSSR count). The first-order valence-electron chi connectivity index (χ1n) is 1.84. The summed E-state index contributed by atoms with van der Waals surface area (Å²) >= 11 is 0. The Balaban J connectivity index is 3.11. The summed E-state index contributed by atoms with van der Waals surface area (Å²) in [6, 6.07) is 0. The lowest BCUT2D eigenvalue weighted by Crippen LogP contribution is -1.75. The van der Waals surface area contributed by atoms with Gasteiger partial charge in [-0.15, -0.1) is 0 Å². The average molecular weight is 133 g/mol. The highest BCUT2D eigenvalue weighted by Gasteiger charge is 1.94. The molecule has 0 unspecified atom stereocenters. The molecular weight excluding hydrogens is 130 g/mol. The zero-order valence-corrected chi connectivity index (χ0v) is 4.67. The third-order valence-electron chi connectivity index (χ3n) is 0.575. The van der Waals surface area contributed by atoms with Gasteiger partial charge in [-0.3, -0.25) is 0 Å². The Labute approximate surface area is 47.1 Å². The van der Waals surface area contributed by atoms with Gasteiger partial charge in [0.25, 0.3) is 0 Å². The van der Waals surface area contributed by atoms with Crippen molar-refractivity contribution in [3.8, 4) is 0 Å². The van der Waals surface area contributed by atoms with Crippen molar-refractivity contribution in [2.45, 2.75) is 5.22 Å². The second-order valence-electron chi connectivity index (χ2n) is 1.07. The summed E-state index contributed by atoms with van der Waals surface area (Å²) in [5, 5.41) is -0.236. The molecule has 1 heterocycles. The predicted molar refractivity (Wildman–Crippen MR) is 25.1 cm³/mol. The van der Waals surface area contributed by atoms with Gasteiger partial charge in [0.1, 0.15) is 6.26 Å². The van der Waals surface area contributed by atoms with Crippen molar-refractivity contribution in [3.63, 3.8) is 0 Å². The van der Waals surface area contributed by atoms with Crippen LogP contribution in [0.1, 0.15) is 0 Å². The van der Waals surface area contributed by atoms with Gasteiger partial charge in [-0.05, 0) is 0 Å². The largest absolute Gasteiger partial charge is 0.437 e. The molecule has 0 aliphatic carbocycles. The molecule has 0 atom stereocenters. The lowest BCUT2D eigenvalue weighted by atomic mass is 11.0. The standard InChI is InChI=1S/C3H3NO3S/c5-8(6)3-4-1-2-7-3/h1-2,8H. The number of rotatable bonds is 1. The summed E-state index contributed by atoms with van der Waals surface area (Å²) in [7, 11) is -2.64. The molecule has 0 amide bonds. The van der Waals surface area contributed by atoms with E-state index in [-0.39, 0.29) is 5.22 Å². The number of hydrogen-bond donors (Lipinski definition) is 1. The second-order valence-corrected chi connectivity index (χ2v) is 1.97.